The lowest BCUT2D eigenvalue weighted by atomic mass is 9.89. The van der Waals surface area contributed by atoms with Crippen molar-refractivity contribution >= 4 is 35.8 Å². The van der Waals surface area contributed by atoms with E-state index in [4.69, 9.17) is 49.1 Å². The molecule has 0 unspecified atom stereocenters. The molecule has 4 aliphatic rings. The van der Waals surface area contributed by atoms with Gasteiger partial charge in [0.15, 0.2) is 0 Å². The Kier molecular flexibility index (Phi) is 11.4. The molecule has 6 N–H and O–H groups in total. The molecule has 4 fully saturated rings. The first-order valence-corrected chi connectivity index (χ1v) is 10.5. The molecule has 4 saturated heterocycles. The number of hydrogen-bond acceptors (Lipinski definition) is 10. The summed E-state index contributed by atoms with van der Waals surface area (Å²) in [5.74, 6) is -7.10. The van der Waals surface area contributed by atoms with Gasteiger partial charge in [-0.05, 0) is 38.5 Å². The molecule has 14 heteroatoms. The number of carboxylic acids is 4. The summed E-state index contributed by atoms with van der Waals surface area (Å²) in [5, 5.41) is 36.3. The van der Waals surface area contributed by atoms with Crippen molar-refractivity contribution in [2.24, 2.45) is 11.8 Å². The molecule has 0 aromatic heterocycles. The predicted molar refractivity (Wildman–Crippen MR) is 111 cm³/mol. The predicted octanol–water partition coefficient (Wildman–Crippen LogP) is -1.09. The number of carbonyl (C=O) groups is 6. The highest BCUT2D eigenvalue weighted by Gasteiger charge is 2.44. The molecule has 4 aliphatic heterocycles. The minimum absolute atomic E-state index is 0.0373. The fourth-order valence-electron chi connectivity index (χ4n) is 4.47. The smallest absolute Gasteiger partial charge is 0.414 e. The quantitative estimate of drug-likeness (QED) is 0.200. The van der Waals surface area contributed by atoms with E-state index in [0.717, 1.165) is 25.7 Å². The van der Waals surface area contributed by atoms with Crippen LogP contribution < -0.4 is 10.6 Å². The third-order valence-corrected chi connectivity index (χ3v) is 5.97. The molecule has 0 aromatic rings. The molecule has 0 radical (unpaired) electrons. The maximum atomic E-state index is 11.1. The zero-order valence-electron chi connectivity index (χ0n) is 18.8. The molecule has 34 heavy (non-hydrogen) atoms. The van der Waals surface area contributed by atoms with E-state index in [1.807, 2.05) is 0 Å². The zero-order chi connectivity index (χ0) is 26.0. The van der Waals surface area contributed by atoms with Gasteiger partial charge in [0.25, 0.3) is 0 Å². The first-order chi connectivity index (χ1) is 15.9. The van der Waals surface area contributed by atoms with Crippen molar-refractivity contribution in [2.75, 3.05) is 14.2 Å². The largest absolute Gasteiger partial charge is 0.473 e. The van der Waals surface area contributed by atoms with Gasteiger partial charge in [-0.3, -0.25) is 9.59 Å². The van der Waals surface area contributed by atoms with Gasteiger partial charge in [0.05, 0.1) is 26.1 Å². The van der Waals surface area contributed by atoms with Crippen LogP contribution in [0.25, 0.3) is 0 Å². The summed E-state index contributed by atoms with van der Waals surface area (Å²) in [6.07, 6.45) is 6.72. The standard InChI is InChI=1S/2C8H13NO2.2C2H2O4/c2*1-11-8(10)6-4-5-2-3-7(6)9-5;2*3-1(4)2(5)6/h2*5-7,9H,2-4H2,1H3;2*(H,3,4)(H,5,6)/t2*5-,6+,7+;;/m10../s1. The minimum atomic E-state index is -1.82. The summed E-state index contributed by atoms with van der Waals surface area (Å²) in [4.78, 5) is 58.7. The van der Waals surface area contributed by atoms with E-state index in [2.05, 4.69) is 10.6 Å². The second-order valence-electron chi connectivity index (χ2n) is 8.05. The molecule has 0 amide bonds. The van der Waals surface area contributed by atoms with Crippen molar-refractivity contribution in [3.05, 3.63) is 0 Å². The summed E-state index contributed by atoms with van der Waals surface area (Å²) in [5.41, 5.74) is 0. The summed E-state index contributed by atoms with van der Waals surface area (Å²) in [7, 11) is 2.93. The average Bonchev–Trinajstić information content (AvgIpc) is 3.61. The molecule has 0 aromatic carbocycles. The Labute approximate surface area is 194 Å². The van der Waals surface area contributed by atoms with E-state index >= 15 is 0 Å². The van der Waals surface area contributed by atoms with Crippen LogP contribution in [0.1, 0.15) is 38.5 Å². The number of fused-ring (bicyclic) bond motifs is 4. The molecule has 0 aliphatic carbocycles. The molecule has 192 valence electrons. The summed E-state index contributed by atoms with van der Waals surface area (Å²) < 4.78 is 9.42. The molecule has 4 rings (SSSR count). The molecule has 0 saturated carbocycles. The van der Waals surface area contributed by atoms with E-state index in [0.29, 0.717) is 24.2 Å². The number of hydrogen-bond donors (Lipinski definition) is 6. The normalized spacial score (nSPS) is 29.1. The summed E-state index contributed by atoms with van der Waals surface area (Å²) in [6.45, 7) is 0. The first kappa shape index (κ1) is 28.8. The summed E-state index contributed by atoms with van der Waals surface area (Å²) in [6, 6.07) is 1.99. The van der Waals surface area contributed by atoms with Crippen LogP contribution in [0, 0.1) is 11.8 Å². The van der Waals surface area contributed by atoms with Crippen LogP contribution in [0.4, 0.5) is 0 Å². The third kappa shape index (κ3) is 8.59. The first-order valence-electron chi connectivity index (χ1n) is 10.5. The van der Waals surface area contributed by atoms with Gasteiger partial charge in [-0.15, -0.1) is 0 Å². The number of rotatable bonds is 2. The molecule has 14 nitrogen and oxygen atoms in total. The molecular weight excluding hydrogens is 460 g/mol. The summed E-state index contributed by atoms with van der Waals surface area (Å²) >= 11 is 0. The van der Waals surface area contributed by atoms with Crippen LogP contribution >= 0.6 is 0 Å². The number of methoxy groups -OCH3 is 2. The number of aliphatic carboxylic acids is 4. The number of ether oxygens (including phenoxy) is 2. The minimum Gasteiger partial charge on any atom is -0.473 e. The SMILES string of the molecule is COC(=O)[C@@H]1C[C@@H]2CC[C@H]1N2.COC(=O)[C@H]1C[C@H]2CC[C@@H]1N2.O=C(O)C(=O)O.O=C(O)C(=O)O. The Hall–Kier alpha value is -3.26. The van der Waals surface area contributed by atoms with Gasteiger partial charge >= 0.3 is 35.8 Å². The highest BCUT2D eigenvalue weighted by Crippen LogP contribution is 2.34. The van der Waals surface area contributed by atoms with E-state index in [9.17, 15) is 9.59 Å². The fraction of sp³-hybridized carbons (Fsp3) is 0.700. The number of carbonyl (C=O) groups excluding carboxylic acids is 2. The van der Waals surface area contributed by atoms with Crippen LogP contribution in [-0.4, -0.2) is 94.6 Å². The molecular formula is C20H30N2O12. The van der Waals surface area contributed by atoms with Gasteiger partial charge in [-0.1, -0.05) is 0 Å². The van der Waals surface area contributed by atoms with E-state index in [-0.39, 0.29) is 23.8 Å². The Morgan fingerprint density at radius 3 is 1.03 bits per heavy atom. The highest BCUT2D eigenvalue weighted by molar-refractivity contribution is 6.27. The van der Waals surface area contributed by atoms with Crippen LogP contribution in [0.2, 0.25) is 0 Å². The zero-order valence-corrected chi connectivity index (χ0v) is 18.8. The van der Waals surface area contributed by atoms with Gasteiger partial charge in [-0.25, -0.2) is 19.2 Å². The molecule has 4 heterocycles. The lowest BCUT2D eigenvalue weighted by Gasteiger charge is -2.16. The lowest BCUT2D eigenvalue weighted by molar-refractivity contribution is -0.159. The van der Waals surface area contributed by atoms with Crippen molar-refractivity contribution in [1.82, 2.24) is 10.6 Å². The van der Waals surface area contributed by atoms with Crippen molar-refractivity contribution in [2.45, 2.75) is 62.7 Å². The van der Waals surface area contributed by atoms with Crippen LogP contribution in [-0.2, 0) is 38.2 Å². The third-order valence-electron chi connectivity index (χ3n) is 5.97. The topological polar surface area (TPSA) is 226 Å². The molecule has 4 bridgehead atoms. The van der Waals surface area contributed by atoms with Crippen molar-refractivity contribution in [3.8, 4) is 0 Å². The van der Waals surface area contributed by atoms with Gasteiger partial charge in [-0.2, -0.15) is 0 Å². The average molecular weight is 490 g/mol. The molecule has 6 atom stereocenters. The Bertz CT molecular complexity index is 698. The van der Waals surface area contributed by atoms with Crippen LogP contribution in [0.5, 0.6) is 0 Å². The second-order valence-corrected chi connectivity index (χ2v) is 8.05. The van der Waals surface area contributed by atoms with Crippen molar-refractivity contribution in [1.29, 1.82) is 0 Å². The van der Waals surface area contributed by atoms with Crippen LogP contribution in [0.3, 0.4) is 0 Å². The van der Waals surface area contributed by atoms with E-state index in [1.54, 1.807) is 0 Å². The maximum Gasteiger partial charge on any atom is 0.414 e. The Morgan fingerprint density at radius 1 is 0.588 bits per heavy atom. The van der Waals surface area contributed by atoms with E-state index in [1.165, 1.54) is 27.1 Å². The van der Waals surface area contributed by atoms with E-state index < -0.39 is 23.9 Å². The number of carboxylic acid groups (broad SMARTS) is 4. The van der Waals surface area contributed by atoms with Crippen molar-refractivity contribution < 1.29 is 58.7 Å². The Morgan fingerprint density at radius 2 is 0.882 bits per heavy atom. The number of nitrogens with one attached hydrogen (secondary N) is 2. The second kappa shape index (κ2) is 13.4. The van der Waals surface area contributed by atoms with Gasteiger partial charge in [0, 0.05) is 24.2 Å². The monoisotopic (exact) mass is 490 g/mol. The van der Waals surface area contributed by atoms with Gasteiger partial charge < -0.3 is 40.5 Å². The highest BCUT2D eigenvalue weighted by atomic mass is 16.5. The number of esters is 2. The lowest BCUT2D eigenvalue weighted by Crippen LogP contribution is -2.29. The van der Waals surface area contributed by atoms with Crippen molar-refractivity contribution in [3.63, 3.8) is 0 Å². The maximum absolute atomic E-state index is 11.1. The molecule has 0 spiro atoms. The van der Waals surface area contributed by atoms with Crippen LogP contribution in [0.15, 0.2) is 0 Å². The van der Waals surface area contributed by atoms with Gasteiger partial charge in [0.2, 0.25) is 0 Å². The Balaban J connectivity index is 0.000000238. The fourth-order valence-corrected chi connectivity index (χ4v) is 4.47. The van der Waals surface area contributed by atoms with Gasteiger partial charge in [0.1, 0.15) is 0 Å².